The summed E-state index contributed by atoms with van der Waals surface area (Å²) in [7, 11) is 0. The summed E-state index contributed by atoms with van der Waals surface area (Å²) in [5, 5.41) is 0. The van der Waals surface area contributed by atoms with Crippen molar-refractivity contribution >= 4 is 5.91 Å². The Hall–Kier alpha value is -2.33. The average molecular weight is 352 g/mol. The summed E-state index contributed by atoms with van der Waals surface area (Å²) in [5.74, 6) is 1.33. The first-order valence-corrected chi connectivity index (χ1v) is 9.40. The summed E-state index contributed by atoms with van der Waals surface area (Å²) in [4.78, 5) is 17.2. The zero-order valence-corrected chi connectivity index (χ0v) is 15.7. The third kappa shape index (κ3) is 5.09. The van der Waals surface area contributed by atoms with Crippen molar-refractivity contribution in [2.75, 3.05) is 32.8 Å². The molecule has 3 rings (SSSR count). The predicted molar refractivity (Wildman–Crippen MR) is 104 cm³/mol. The minimum atomic E-state index is 0.0966. The van der Waals surface area contributed by atoms with Gasteiger partial charge in [-0.25, -0.2) is 0 Å². The van der Waals surface area contributed by atoms with Crippen molar-refractivity contribution in [2.45, 2.75) is 20.4 Å². The Labute approximate surface area is 156 Å². The quantitative estimate of drug-likeness (QED) is 0.795. The number of hydrogen-bond donors (Lipinski definition) is 0. The van der Waals surface area contributed by atoms with Crippen LogP contribution in [0.25, 0.3) is 0 Å². The fraction of sp³-hybridized carbons (Fsp3) is 0.409. The lowest BCUT2D eigenvalue weighted by Gasteiger charge is -2.34. The van der Waals surface area contributed by atoms with Crippen LogP contribution in [0, 0.1) is 5.92 Å². The average Bonchev–Trinajstić information content (AvgIpc) is 2.67. The van der Waals surface area contributed by atoms with Gasteiger partial charge in [0.15, 0.2) is 0 Å². The molecule has 0 N–H and O–H groups in total. The molecule has 1 amide bonds. The molecular weight excluding hydrogens is 324 g/mol. The van der Waals surface area contributed by atoms with Gasteiger partial charge in [0.2, 0.25) is 0 Å². The molecule has 0 bridgehead atoms. The topological polar surface area (TPSA) is 32.8 Å². The van der Waals surface area contributed by atoms with E-state index in [0.29, 0.717) is 18.1 Å². The fourth-order valence-corrected chi connectivity index (χ4v) is 3.12. The SMILES string of the molecule is CC(C)COc1cccc(C(=O)N2CCN(Cc3ccccc3)CC2)c1. The van der Waals surface area contributed by atoms with Gasteiger partial charge in [-0.3, -0.25) is 9.69 Å². The van der Waals surface area contributed by atoms with Gasteiger partial charge in [0.25, 0.3) is 5.91 Å². The second kappa shape index (κ2) is 8.86. The molecule has 0 aromatic heterocycles. The zero-order valence-electron chi connectivity index (χ0n) is 15.7. The molecule has 1 heterocycles. The van der Waals surface area contributed by atoms with E-state index < -0.39 is 0 Å². The van der Waals surface area contributed by atoms with Crippen LogP contribution < -0.4 is 4.74 Å². The van der Waals surface area contributed by atoms with Crippen molar-refractivity contribution < 1.29 is 9.53 Å². The van der Waals surface area contributed by atoms with Crippen molar-refractivity contribution in [3.05, 3.63) is 65.7 Å². The minimum Gasteiger partial charge on any atom is -0.493 e. The van der Waals surface area contributed by atoms with Gasteiger partial charge in [0.1, 0.15) is 5.75 Å². The number of ether oxygens (including phenoxy) is 1. The van der Waals surface area contributed by atoms with Crippen molar-refractivity contribution in [3.8, 4) is 5.75 Å². The molecule has 1 fully saturated rings. The lowest BCUT2D eigenvalue weighted by molar-refractivity contribution is 0.0628. The van der Waals surface area contributed by atoms with E-state index in [4.69, 9.17) is 4.74 Å². The first kappa shape index (κ1) is 18.5. The zero-order chi connectivity index (χ0) is 18.4. The van der Waals surface area contributed by atoms with Crippen LogP contribution in [0.2, 0.25) is 0 Å². The second-order valence-corrected chi connectivity index (χ2v) is 7.29. The molecule has 1 aliphatic heterocycles. The number of piperazine rings is 1. The van der Waals surface area contributed by atoms with E-state index in [1.165, 1.54) is 5.56 Å². The van der Waals surface area contributed by atoms with Crippen LogP contribution in [0.3, 0.4) is 0 Å². The normalized spacial score (nSPS) is 15.3. The van der Waals surface area contributed by atoms with Gasteiger partial charge in [-0.15, -0.1) is 0 Å². The van der Waals surface area contributed by atoms with E-state index in [9.17, 15) is 4.79 Å². The van der Waals surface area contributed by atoms with Crippen LogP contribution in [-0.2, 0) is 6.54 Å². The molecule has 4 nitrogen and oxygen atoms in total. The molecule has 1 aliphatic rings. The lowest BCUT2D eigenvalue weighted by Crippen LogP contribution is -2.48. The monoisotopic (exact) mass is 352 g/mol. The maximum Gasteiger partial charge on any atom is 0.254 e. The molecule has 138 valence electrons. The van der Waals surface area contributed by atoms with Crippen LogP contribution >= 0.6 is 0 Å². The Kier molecular flexibility index (Phi) is 6.29. The number of carbonyl (C=O) groups excluding carboxylic acids is 1. The molecule has 0 radical (unpaired) electrons. The molecule has 0 spiro atoms. The largest absolute Gasteiger partial charge is 0.493 e. The highest BCUT2D eigenvalue weighted by Gasteiger charge is 2.22. The van der Waals surface area contributed by atoms with Gasteiger partial charge in [0, 0.05) is 38.3 Å². The number of benzene rings is 2. The first-order valence-electron chi connectivity index (χ1n) is 9.40. The Balaban J connectivity index is 1.54. The first-order chi connectivity index (χ1) is 12.6. The summed E-state index contributed by atoms with van der Waals surface area (Å²) < 4.78 is 5.75. The van der Waals surface area contributed by atoms with Crippen molar-refractivity contribution in [3.63, 3.8) is 0 Å². The molecule has 26 heavy (non-hydrogen) atoms. The van der Waals surface area contributed by atoms with E-state index in [-0.39, 0.29) is 5.91 Å². The minimum absolute atomic E-state index is 0.0966. The van der Waals surface area contributed by atoms with Gasteiger partial charge >= 0.3 is 0 Å². The molecule has 0 atom stereocenters. The van der Waals surface area contributed by atoms with Gasteiger partial charge in [-0.2, -0.15) is 0 Å². The number of amides is 1. The van der Waals surface area contributed by atoms with Crippen molar-refractivity contribution in [2.24, 2.45) is 5.92 Å². The van der Waals surface area contributed by atoms with Gasteiger partial charge in [-0.05, 0) is 29.7 Å². The van der Waals surface area contributed by atoms with Crippen LogP contribution in [0.15, 0.2) is 54.6 Å². The number of hydrogen-bond acceptors (Lipinski definition) is 3. The summed E-state index contributed by atoms with van der Waals surface area (Å²) in [6, 6.07) is 18.0. The van der Waals surface area contributed by atoms with Crippen LogP contribution in [-0.4, -0.2) is 48.5 Å². The van der Waals surface area contributed by atoms with Crippen LogP contribution in [0.4, 0.5) is 0 Å². The van der Waals surface area contributed by atoms with Crippen LogP contribution in [0.5, 0.6) is 5.75 Å². The Morgan fingerprint density at radius 1 is 1.00 bits per heavy atom. The smallest absolute Gasteiger partial charge is 0.254 e. The van der Waals surface area contributed by atoms with E-state index in [1.54, 1.807) is 0 Å². The van der Waals surface area contributed by atoms with Gasteiger partial charge < -0.3 is 9.64 Å². The predicted octanol–water partition coefficient (Wildman–Crippen LogP) is 3.68. The summed E-state index contributed by atoms with van der Waals surface area (Å²) in [6.07, 6.45) is 0. The van der Waals surface area contributed by atoms with Gasteiger partial charge in [0.05, 0.1) is 6.61 Å². The molecular formula is C22H28N2O2. The van der Waals surface area contributed by atoms with Gasteiger partial charge in [-0.1, -0.05) is 50.2 Å². The maximum atomic E-state index is 12.8. The lowest BCUT2D eigenvalue weighted by atomic mass is 10.1. The highest BCUT2D eigenvalue weighted by atomic mass is 16.5. The molecule has 4 heteroatoms. The number of carbonyl (C=O) groups is 1. The number of nitrogens with zero attached hydrogens (tertiary/aromatic N) is 2. The van der Waals surface area contributed by atoms with Crippen molar-refractivity contribution in [1.82, 2.24) is 9.80 Å². The summed E-state index contributed by atoms with van der Waals surface area (Å²) in [6.45, 7) is 9.19. The Morgan fingerprint density at radius 2 is 1.73 bits per heavy atom. The second-order valence-electron chi connectivity index (χ2n) is 7.29. The fourth-order valence-electron chi connectivity index (χ4n) is 3.12. The Morgan fingerprint density at radius 3 is 2.42 bits per heavy atom. The molecule has 0 saturated carbocycles. The van der Waals surface area contributed by atoms with Crippen molar-refractivity contribution in [1.29, 1.82) is 0 Å². The van der Waals surface area contributed by atoms with Crippen LogP contribution in [0.1, 0.15) is 29.8 Å². The van der Waals surface area contributed by atoms with E-state index in [0.717, 1.165) is 38.5 Å². The summed E-state index contributed by atoms with van der Waals surface area (Å²) in [5.41, 5.74) is 2.03. The standard InChI is InChI=1S/C22H28N2O2/c1-18(2)17-26-21-10-6-9-20(15-21)22(25)24-13-11-23(12-14-24)16-19-7-4-3-5-8-19/h3-10,15,18H,11-14,16-17H2,1-2H3. The molecule has 1 saturated heterocycles. The molecule has 0 aliphatic carbocycles. The molecule has 0 unspecified atom stereocenters. The maximum absolute atomic E-state index is 12.8. The Bertz CT molecular complexity index is 707. The third-order valence-electron chi connectivity index (χ3n) is 4.57. The molecule has 2 aromatic rings. The highest BCUT2D eigenvalue weighted by Crippen LogP contribution is 2.17. The van der Waals surface area contributed by atoms with E-state index in [1.807, 2.05) is 35.2 Å². The van der Waals surface area contributed by atoms with E-state index >= 15 is 0 Å². The van der Waals surface area contributed by atoms with E-state index in [2.05, 4.69) is 43.0 Å². The third-order valence-corrected chi connectivity index (χ3v) is 4.57. The summed E-state index contributed by atoms with van der Waals surface area (Å²) >= 11 is 0. The highest BCUT2D eigenvalue weighted by molar-refractivity contribution is 5.94. The number of rotatable bonds is 6. The molecule has 2 aromatic carbocycles.